The molecule has 0 aliphatic carbocycles. The van der Waals surface area contributed by atoms with Gasteiger partial charge in [0.05, 0.1) is 17.6 Å². The van der Waals surface area contributed by atoms with Gasteiger partial charge in [0.15, 0.2) is 0 Å². The lowest BCUT2D eigenvalue weighted by Gasteiger charge is -2.32. The first kappa shape index (κ1) is 20.6. The largest absolute Gasteiger partial charge is 0.464 e. The van der Waals surface area contributed by atoms with Gasteiger partial charge in [0.1, 0.15) is 11.4 Å². The van der Waals surface area contributed by atoms with Crippen LogP contribution in [0.3, 0.4) is 0 Å². The number of sulfonamides is 1. The monoisotopic (exact) mass is 430 g/mol. The van der Waals surface area contributed by atoms with Gasteiger partial charge in [0.2, 0.25) is 15.9 Å². The molecule has 6 nitrogen and oxygen atoms in total. The third-order valence-corrected chi connectivity index (χ3v) is 7.48. The van der Waals surface area contributed by atoms with Gasteiger partial charge in [-0.15, -0.1) is 0 Å². The maximum Gasteiger partial charge on any atom is 0.243 e. The molecule has 2 heterocycles. The topological polar surface area (TPSA) is 79.6 Å². The fourth-order valence-electron chi connectivity index (χ4n) is 3.84. The van der Waals surface area contributed by atoms with E-state index in [0.717, 1.165) is 19.3 Å². The quantitative estimate of drug-likeness (QED) is 0.654. The summed E-state index contributed by atoms with van der Waals surface area (Å²) in [6.07, 6.45) is 4.22. The van der Waals surface area contributed by atoms with Crippen molar-refractivity contribution in [3.8, 4) is 0 Å². The van der Waals surface area contributed by atoms with Gasteiger partial charge in [-0.1, -0.05) is 6.42 Å². The highest BCUT2D eigenvalue weighted by Crippen LogP contribution is 2.26. The van der Waals surface area contributed by atoms with Crippen LogP contribution in [0.2, 0.25) is 0 Å². The normalized spacial score (nSPS) is 17.9. The summed E-state index contributed by atoms with van der Waals surface area (Å²) in [5, 5.41) is 3.30. The molecule has 0 saturated carbocycles. The number of piperidine rings is 1. The first-order valence-corrected chi connectivity index (χ1v) is 11.4. The van der Waals surface area contributed by atoms with Crippen molar-refractivity contribution in [2.75, 3.05) is 11.9 Å². The van der Waals surface area contributed by atoms with Gasteiger partial charge in [-0.2, -0.15) is 4.31 Å². The fraction of sp³-hybridized carbons (Fsp3) is 0.318. The van der Waals surface area contributed by atoms with E-state index in [0.29, 0.717) is 28.8 Å². The zero-order chi connectivity index (χ0) is 21.3. The molecule has 1 saturated heterocycles. The summed E-state index contributed by atoms with van der Waals surface area (Å²) < 4.78 is 46.2. The van der Waals surface area contributed by atoms with E-state index in [4.69, 9.17) is 4.42 Å². The molecule has 158 valence electrons. The van der Waals surface area contributed by atoms with Crippen LogP contribution in [0, 0.1) is 5.82 Å². The van der Waals surface area contributed by atoms with E-state index in [2.05, 4.69) is 5.32 Å². The van der Waals surface area contributed by atoms with Crippen molar-refractivity contribution < 1.29 is 22.0 Å². The number of amides is 1. The minimum Gasteiger partial charge on any atom is -0.464 e. The summed E-state index contributed by atoms with van der Waals surface area (Å²) in [7, 11) is -3.55. The van der Waals surface area contributed by atoms with Crippen LogP contribution in [0.15, 0.2) is 58.0 Å². The Morgan fingerprint density at radius 3 is 2.70 bits per heavy atom. The van der Waals surface area contributed by atoms with E-state index in [1.807, 2.05) is 6.92 Å². The van der Waals surface area contributed by atoms with Crippen LogP contribution in [0.25, 0.3) is 11.0 Å². The van der Waals surface area contributed by atoms with Gasteiger partial charge in [0.25, 0.3) is 0 Å². The third kappa shape index (κ3) is 4.11. The number of hydrogen-bond acceptors (Lipinski definition) is 4. The van der Waals surface area contributed by atoms with Crippen LogP contribution in [-0.2, 0) is 21.2 Å². The number of rotatable bonds is 5. The molecule has 3 aromatic rings. The Bertz CT molecular complexity index is 1170. The van der Waals surface area contributed by atoms with Crippen LogP contribution in [-0.4, -0.2) is 31.2 Å². The predicted octanol–water partition coefficient (Wildman–Crippen LogP) is 4.32. The molecule has 1 aromatic heterocycles. The average molecular weight is 431 g/mol. The van der Waals surface area contributed by atoms with Gasteiger partial charge in [-0.25, -0.2) is 12.8 Å². The minimum atomic E-state index is -3.55. The number of nitrogens with zero attached hydrogens (tertiary/aromatic N) is 1. The van der Waals surface area contributed by atoms with Crippen LogP contribution < -0.4 is 5.32 Å². The molecule has 0 bridgehead atoms. The van der Waals surface area contributed by atoms with E-state index in [9.17, 15) is 17.6 Å². The van der Waals surface area contributed by atoms with Crippen molar-refractivity contribution in [2.24, 2.45) is 0 Å². The van der Waals surface area contributed by atoms with E-state index in [1.165, 1.54) is 36.6 Å². The molecule has 1 N–H and O–H groups in total. The Morgan fingerprint density at radius 1 is 1.20 bits per heavy atom. The minimum absolute atomic E-state index is 0.0157. The Balaban J connectivity index is 1.45. The number of fused-ring (bicyclic) bond motifs is 1. The number of halogens is 1. The van der Waals surface area contributed by atoms with Gasteiger partial charge >= 0.3 is 0 Å². The molecule has 1 aliphatic heterocycles. The molecule has 1 unspecified atom stereocenters. The smallest absolute Gasteiger partial charge is 0.243 e. The molecule has 1 atom stereocenters. The van der Waals surface area contributed by atoms with Crippen LogP contribution >= 0.6 is 0 Å². The van der Waals surface area contributed by atoms with Crippen molar-refractivity contribution in [2.45, 2.75) is 43.5 Å². The van der Waals surface area contributed by atoms with E-state index < -0.39 is 15.8 Å². The second-order valence-corrected chi connectivity index (χ2v) is 9.50. The molecular formula is C22H23FN2O4S. The lowest BCUT2D eigenvalue weighted by molar-refractivity contribution is -0.115. The molecule has 2 aromatic carbocycles. The number of furan rings is 1. The number of carbonyl (C=O) groups is 1. The maximum absolute atomic E-state index is 13.5. The molecule has 30 heavy (non-hydrogen) atoms. The van der Waals surface area contributed by atoms with Gasteiger partial charge in [0, 0.05) is 29.2 Å². The highest BCUT2D eigenvalue weighted by atomic mass is 32.2. The Hall–Kier alpha value is -2.71. The second kappa shape index (κ2) is 8.20. The van der Waals surface area contributed by atoms with Crippen molar-refractivity contribution >= 4 is 32.6 Å². The molecule has 1 aliphatic rings. The average Bonchev–Trinajstić information content (AvgIpc) is 3.10. The van der Waals surface area contributed by atoms with Gasteiger partial charge in [-0.05, 0) is 62.2 Å². The molecule has 1 fully saturated rings. The Morgan fingerprint density at radius 2 is 1.97 bits per heavy atom. The second-order valence-electron chi connectivity index (χ2n) is 7.61. The summed E-state index contributed by atoms with van der Waals surface area (Å²) in [5.74, 6) is -0.701. The number of benzene rings is 2. The SMILES string of the molecule is CC1CCCCN1S(=O)(=O)c1ccc(NC(=O)Cc2coc3ccc(F)cc23)cc1. The highest BCUT2D eigenvalue weighted by Gasteiger charge is 2.30. The van der Waals surface area contributed by atoms with Crippen LogP contribution in [0.5, 0.6) is 0 Å². The molecule has 0 radical (unpaired) electrons. The summed E-state index contributed by atoms with van der Waals surface area (Å²) in [6.45, 7) is 2.46. The summed E-state index contributed by atoms with van der Waals surface area (Å²) in [6, 6.07) is 10.3. The van der Waals surface area contributed by atoms with Gasteiger partial charge in [-0.3, -0.25) is 4.79 Å². The molecule has 8 heteroatoms. The first-order valence-electron chi connectivity index (χ1n) is 9.92. The van der Waals surface area contributed by atoms with Crippen molar-refractivity contribution in [3.05, 3.63) is 60.1 Å². The maximum atomic E-state index is 13.5. The number of anilines is 1. The summed E-state index contributed by atoms with van der Waals surface area (Å²) in [4.78, 5) is 12.6. The number of hydrogen-bond donors (Lipinski definition) is 1. The van der Waals surface area contributed by atoms with Crippen LogP contribution in [0.4, 0.5) is 10.1 Å². The zero-order valence-electron chi connectivity index (χ0n) is 16.6. The van der Waals surface area contributed by atoms with Crippen molar-refractivity contribution in [1.29, 1.82) is 0 Å². The van der Waals surface area contributed by atoms with Crippen molar-refractivity contribution in [3.63, 3.8) is 0 Å². The van der Waals surface area contributed by atoms with E-state index in [1.54, 1.807) is 16.4 Å². The van der Waals surface area contributed by atoms with Crippen molar-refractivity contribution in [1.82, 2.24) is 4.31 Å². The van der Waals surface area contributed by atoms with E-state index >= 15 is 0 Å². The summed E-state index contributed by atoms with van der Waals surface area (Å²) in [5.41, 5.74) is 1.59. The first-order chi connectivity index (χ1) is 14.3. The third-order valence-electron chi connectivity index (χ3n) is 5.45. The van der Waals surface area contributed by atoms with E-state index in [-0.39, 0.29) is 23.3 Å². The highest BCUT2D eigenvalue weighted by molar-refractivity contribution is 7.89. The summed E-state index contributed by atoms with van der Waals surface area (Å²) >= 11 is 0. The lowest BCUT2D eigenvalue weighted by atomic mass is 10.1. The predicted molar refractivity (Wildman–Crippen MR) is 112 cm³/mol. The zero-order valence-corrected chi connectivity index (χ0v) is 17.4. The molecular weight excluding hydrogens is 407 g/mol. The molecule has 1 amide bonds. The fourth-order valence-corrected chi connectivity index (χ4v) is 5.54. The Labute approximate surface area is 174 Å². The lowest BCUT2D eigenvalue weighted by Crippen LogP contribution is -2.41. The number of carbonyl (C=O) groups excluding carboxylic acids is 1. The van der Waals surface area contributed by atoms with Crippen LogP contribution in [0.1, 0.15) is 31.7 Å². The molecule has 4 rings (SSSR count). The standard InChI is InChI=1S/C22H23FN2O4S/c1-15-4-2-3-11-25(15)30(27,28)19-8-6-18(7-9-19)24-22(26)12-16-14-29-21-10-5-17(23)13-20(16)21/h5-10,13-15H,2-4,11-12H2,1H3,(H,24,26). The van der Waals surface area contributed by atoms with Gasteiger partial charge < -0.3 is 9.73 Å². The molecule has 0 spiro atoms. The number of nitrogens with one attached hydrogen (secondary N) is 1. The Kier molecular flexibility index (Phi) is 5.62.